The Morgan fingerprint density at radius 1 is 1.46 bits per heavy atom. The summed E-state index contributed by atoms with van der Waals surface area (Å²) in [6.07, 6.45) is 0.796. The number of ketones is 1. The number of aryl methyl sites for hydroxylation is 1. The predicted molar refractivity (Wildman–Crippen MR) is 50.4 cm³/mol. The van der Waals surface area contributed by atoms with E-state index in [0.717, 1.165) is 12.0 Å². The lowest BCUT2D eigenvalue weighted by atomic mass is 10.0. The second kappa shape index (κ2) is 4.42. The molecule has 0 amide bonds. The summed E-state index contributed by atoms with van der Waals surface area (Å²) in [5, 5.41) is 8.39. The van der Waals surface area contributed by atoms with Crippen LogP contribution in [0.4, 0.5) is 0 Å². The molecular formula is C11H11NO. The molecule has 0 aromatic heterocycles. The molecule has 0 unspecified atom stereocenters. The van der Waals surface area contributed by atoms with E-state index in [0.29, 0.717) is 5.56 Å². The van der Waals surface area contributed by atoms with Crippen molar-refractivity contribution in [2.24, 2.45) is 0 Å². The second-order valence-electron chi connectivity index (χ2n) is 2.77. The Bertz CT molecular complexity index is 349. The number of nitrogens with zero attached hydrogens (tertiary/aromatic N) is 1. The molecule has 0 radical (unpaired) electrons. The van der Waals surface area contributed by atoms with Gasteiger partial charge in [0.25, 0.3) is 0 Å². The molecular weight excluding hydrogens is 162 g/mol. The average molecular weight is 173 g/mol. The Hall–Kier alpha value is -1.62. The van der Waals surface area contributed by atoms with Crippen LogP contribution in [0.2, 0.25) is 0 Å². The minimum atomic E-state index is -0.0834. The molecule has 2 heteroatoms. The normalized spacial score (nSPS) is 9.23. The van der Waals surface area contributed by atoms with Gasteiger partial charge in [-0.15, -0.1) is 0 Å². The third kappa shape index (κ3) is 2.16. The van der Waals surface area contributed by atoms with Gasteiger partial charge >= 0.3 is 0 Å². The summed E-state index contributed by atoms with van der Waals surface area (Å²) in [6, 6.07) is 9.29. The SMILES string of the molecule is CCc1ccccc1C(=O)CC#N. The third-order valence-corrected chi connectivity index (χ3v) is 1.94. The third-order valence-electron chi connectivity index (χ3n) is 1.94. The zero-order valence-electron chi connectivity index (χ0n) is 7.58. The fourth-order valence-corrected chi connectivity index (χ4v) is 1.27. The zero-order chi connectivity index (χ0) is 9.68. The van der Waals surface area contributed by atoms with E-state index in [1.54, 1.807) is 6.07 Å². The minimum Gasteiger partial charge on any atom is -0.293 e. The highest BCUT2D eigenvalue weighted by Crippen LogP contribution is 2.11. The van der Waals surface area contributed by atoms with Gasteiger partial charge in [0.15, 0.2) is 5.78 Å². The van der Waals surface area contributed by atoms with E-state index >= 15 is 0 Å². The van der Waals surface area contributed by atoms with Crippen LogP contribution in [-0.2, 0) is 6.42 Å². The summed E-state index contributed by atoms with van der Waals surface area (Å²) < 4.78 is 0. The van der Waals surface area contributed by atoms with Crippen LogP contribution in [0.3, 0.4) is 0 Å². The molecule has 0 fully saturated rings. The Labute approximate surface area is 77.8 Å². The van der Waals surface area contributed by atoms with E-state index in [9.17, 15) is 4.79 Å². The van der Waals surface area contributed by atoms with Crippen molar-refractivity contribution in [1.82, 2.24) is 0 Å². The van der Waals surface area contributed by atoms with E-state index in [-0.39, 0.29) is 12.2 Å². The Kier molecular flexibility index (Phi) is 3.22. The van der Waals surface area contributed by atoms with Crippen LogP contribution >= 0.6 is 0 Å². The van der Waals surface area contributed by atoms with Crippen LogP contribution in [0.15, 0.2) is 24.3 Å². The molecule has 0 aliphatic heterocycles. The van der Waals surface area contributed by atoms with Crippen molar-refractivity contribution in [3.05, 3.63) is 35.4 Å². The maximum Gasteiger partial charge on any atom is 0.177 e. The van der Waals surface area contributed by atoms with Crippen molar-refractivity contribution in [2.75, 3.05) is 0 Å². The molecule has 1 rings (SSSR count). The van der Waals surface area contributed by atoms with Crippen molar-refractivity contribution >= 4 is 5.78 Å². The molecule has 0 aliphatic carbocycles. The van der Waals surface area contributed by atoms with Gasteiger partial charge in [0, 0.05) is 5.56 Å². The summed E-state index contributed by atoms with van der Waals surface area (Å²) in [5.74, 6) is -0.0834. The lowest BCUT2D eigenvalue weighted by Gasteiger charge is -2.03. The van der Waals surface area contributed by atoms with Gasteiger partial charge < -0.3 is 0 Å². The molecule has 0 N–H and O–H groups in total. The monoisotopic (exact) mass is 173 g/mol. The second-order valence-corrected chi connectivity index (χ2v) is 2.77. The molecule has 0 aliphatic rings. The standard InChI is InChI=1S/C11H11NO/c1-2-9-5-3-4-6-10(9)11(13)7-8-12/h3-6H,2,7H2,1H3. The predicted octanol–water partition coefficient (Wildman–Crippen LogP) is 2.35. The number of benzene rings is 1. The fraction of sp³-hybridized carbons (Fsp3) is 0.273. The van der Waals surface area contributed by atoms with Gasteiger partial charge in [-0.3, -0.25) is 4.79 Å². The van der Waals surface area contributed by atoms with Crippen LogP contribution < -0.4 is 0 Å². The van der Waals surface area contributed by atoms with Gasteiger partial charge in [-0.25, -0.2) is 0 Å². The summed E-state index contributed by atoms with van der Waals surface area (Å²) in [4.78, 5) is 11.4. The van der Waals surface area contributed by atoms with Gasteiger partial charge in [0.2, 0.25) is 0 Å². The Balaban J connectivity index is 3.00. The van der Waals surface area contributed by atoms with Gasteiger partial charge in [-0.05, 0) is 12.0 Å². The zero-order valence-corrected chi connectivity index (χ0v) is 7.58. The van der Waals surface area contributed by atoms with Crippen molar-refractivity contribution < 1.29 is 4.79 Å². The first kappa shape index (κ1) is 9.47. The van der Waals surface area contributed by atoms with Crippen LogP contribution in [-0.4, -0.2) is 5.78 Å². The highest BCUT2D eigenvalue weighted by Gasteiger charge is 2.08. The molecule has 0 spiro atoms. The van der Waals surface area contributed by atoms with Crippen LogP contribution in [0, 0.1) is 11.3 Å². The lowest BCUT2D eigenvalue weighted by molar-refractivity contribution is 0.0997. The van der Waals surface area contributed by atoms with E-state index in [2.05, 4.69) is 0 Å². The first-order chi connectivity index (χ1) is 6.29. The summed E-state index contributed by atoms with van der Waals surface area (Å²) >= 11 is 0. The van der Waals surface area contributed by atoms with Crippen molar-refractivity contribution in [3.63, 3.8) is 0 Å². The van der Waals surface area contributed by atoms with E-state index < -0.39 is 0 Å². The molecule has 1 aromatic rings. The highest BCUT2D eigenvalue weighted by molar-refractivity contribution is 5.98. The molecule has 0 saturated carbocycles. The number of rotatable bonds is 3. The smallest absolute Gasteiger partial charge is 0.177 e. The summed E-state index contributed by atoms with van der Waals surface area (Å²) in [6.45, 7) is 2.00. The van der Waals surface area contributed by atoms with Crippen LogP contribution in [0.25, 0.3) is 0 Å². The number of hydrogen-bond donors (Lipinski definition) is 0. The summed E-state index contributed by atoms with van der Waals surface area (Å²) in [5.41, 5.74) is 1.70. The Morgan fingerprint density at radius 3 is 2.77 bits per heavy atom. The average Bonchev–Trinajstić information content (AvgIpc) is 2.18. The quantitative estimate of drug-likeness (QED) is 0.658. The first-order valence-electron chi connectivity index (χ1n) is 4.27. The largest absolute Gasteiger partial charge is 0.293 e. The number of nitriles is 1. The van der Waals surface area contributed by atoms with Crippen molar-refractivity contribution in [2.45, 2.75) is 19.8 Å². The lowest BCUT2D eigenvalue weighted by Crippen LogP contribution is -2.01. The van der Waals surface area contributed by atoms with E-state index in [4.69, 9.17) is 5.26 Å². The fourth-order valence-electron chi connectivity index (χ4n) is 1.27. The van der Waals surface area contributed by atoms with Gasteiger partial charge in [-0.2, -0.15) is 5.26 Å². The van der Waals surface area contributed by atoms with Crippen LogP contribution in [0.1, 0.15) is 29.3 Å². The molecule has 0 bridgehead atoms. The molecule has 1 aromatic carbocycles. The van der Waals surface area contributed by atoms with Gasteiger partial charge in [0.05, 0.1) is 12.5 Å². The number of carbonyl (C=O) groups is 1. The van der Waals surface area contributed by atoms with Crippen molar-refractivity contribution in [1.29, 1.82) is 5.26 Å². The Morgan fingerprint density at radius 2 is 2.15 bits per heavy atom. The van der Waals surface area contributed by atoms with Gasteiger partial charge in [-0.1, -0.05) is 31.2 Å². The molecule has 0 atom stereocenters. The number of carbonyl (C=O) groups excluding carboxylic acids is 1. The van der Waals surface area contributed by atoms with Crippen LogP contribution in [0.5, 0.6) is 0 Å². The van der Waals surface area contributed by atoms with Crippen molar-refractivity contribution in [3.8, 4) is 6.07 Å². The molecule has 2 nitrogen and oxygen atoms in total. The van der Waals surface area contributed by atoms with E-state index in [1.165, 1.54) is 0 Å². The van der Waals surface area contributed by atoms with E-state index in [1.807, 2.05) is 31.2 Å². The topological polar surface area (TPSA) is 40.9 Å². The molecule has 66 valence electrons. The molecule has 0 saturated heterocycles. The maximum absolute atomic E-state index is 11.4. The number of Topliss-reactive ketones (excluding diaryl/α,β-unsaturated/α-hetero) is 1. The minimum absolute atomic E-state index is 0.0307. The maximum atomic E-state index is 11.4. The first-order valence-corrected chi connectivity index (χ1v) is 4.27. The molecule has 13 heavy (non-hydrogen) atoms. The summed E-state index contributed by atoms with van der Waals surface area (Å²) in [7, 11) is 0. The number of hydrogen-bond acceptors (Lipinski definition) is 2. The highest BCUT2D eigenvalue weighted by atomic mass is 16.1. The molecule has 0 heterocycles. The van der Waals surface area contributed by atoms with Gasteiger partial charge in [0.1, 0.15) is 0 Å².